The third-order valence-electron chi connectivity index (χ3n) is 6.11. The van der Waals surface area contributed by atoms with Crippen molar-refractivity contribution in [2.45, 2.75) is 51.3 Å². The number of nitrogens with one attached hydrogen (secondary N) is 2. The first-order valence-electron chi connectivity index (χ1n) is 12.7. The van der Waals surface area contributed by atoms with Crippen LogP contribution in [0.2, 0.25) is 0 Å². The molecule has 216 valence electrons. The highest BCUT2D eigenvalue weighted by Crippen LogP contribution is 2.20. The minimum atomic E-state index is -1.43. The van der Waals surface area contributed by atoms with E-state index in [1.165, 1.54) is 6.33 Å². The first-order valence-corrected chi connectivity index (χ1v) is 12.7. The van der Waals surface area contributed by atoms with Crippen LogP contribution in [0.15, 0.2) is 79.4 Å². The number of halogens is 2. The number of nitrogens with zero attached hydrogens (tertiary/aromatic N) is 2. The number of amides is 2. The molecule has 0 saturated carbocycles. The fourth-order valence-corrected chi connectivity index (χ4v) is 3.79. The van der Waals surface area contributed by atoms with Gasteiger partial charge in [-0.1, -0.05) is 51.3 Å². The van der Waals surface area contributed by atoms with Gasteiger partial charge < -0.3 is 27.2 Å². The van der Waals surface area contributed by atoms with E-state index in [0.29, 0.717) is 0 Å². The van der Waals surface area contributed by atoms with Gasteiger partial charge in [-0.3, -0.25) is 9.59 Å². The average molecular weight is 557 g/mol. The molecule has 1 aromatic carbocycles. The van der Waals surface area contributed by atoms with E-state index in [0.717, 1.165) is 22.8 Å². The summed E-state index contributed by atoms with van der Waals surface area (Å²) in [6.45, 7) is 10.2. The lowest BCUT2D eigenvalue weighted by molar-refractivity contribution is -0.130. The molecule has 2 amide bonds. The van der Waals surface area contributed by atoms with E-state index in [1.54, 1.807) is 12.4 Å². The van der Waals surface area contributed by atoms with Gasteiger partial charge in [-0.25, -0.2) is 18.7 Å². The molecule has 0 spiro atoms. The minimum Gasteiger partial charge on any atom is -0.382 e. The number of hydrogen-bond donors (Lipinski definition) is 5. The Labute approximate surface area is 233 Å². The van der Waals surface area contributed by atoms with Crippen LogP contribution in [0, 0.1) is 5.41 Å². The summed E-state index contributed by atoms with van der Waals surface area (Å²) in [5, 5.41) is 15.9. The highest BCUT2D eigenvalue weighted by Gasteiger charge is 2.26. The summed E-state index contributed by atoms with van der Waals surface area (Å²) in [5.74, 6) is -2.69. The maximum absolute atomic E-state index is 13.5. The molecule has 0 saturated heterocycles. The van der Waals surface area contributed by atoms with Crippen molar-refractivity contribution < 1.29 is 23.5 Å². The summed E-state index contributed by atoms with van der Waals surface area (Å²) in [7, 11) is 0. The van der Waals surface area contributed by atoms with Crippen LogP contribution < -0.4 is 22.1 Å². The number of allylic oxidation sites excluding steroid dienone is 3. The van der Waals surface area contributed by atoms with Crippen molar-refractivity contribution >= 4 is 11.8 Å². The van der Waals surface area contributed by atoms with E-state index >= 15 is 0 Å². The topological polar surface area (TPSA) is 156 Å². The van der Waals surface area contributed by atoms with Crippen LogP contribution in [0.1, 0.15) is 32.3 Å². The highest BCUT2D eigenvalue weighted by atomic mass is 19.1. The van der Waals surface area contributed by atoms with Crippen LogP contribution in [0.3, 0.4) is 0 Å². The van der Waals surface area contributed by atoms with E-state index in [-0.39, 0.29) is 43.8 Å². The molecule has 7 N–H and O–H groups in total. The lowest BCUT2D eigenvalue weighted by Crippen LogP contribution is -2.50. The fraction of sp³-hybridized carbons (Fsp3) is 0.379. The Hall–Kier alpha value is -3.80. The summed E-state index contributed by atoms with van der Waals surface area (Å²) in [6.07, 6.45) is 4.40. The first kappa shape index (κ1) is 32.4. The summed E-state index contributed by atoms with van der Waals surface area (Å²) in [6, 6.07) is 5.93. The van der Waals surface area contributed by atoms with Crippen molar-refractivity contribution in [1.29, 1.82) is 0 Å². The van der Waals surface area contributed by atoms with Crippen molar-refractivity contribution in [3.63, 3.8) is 0 Å². The standard InChI is InChI=1S/C29H38F2N6O3/c1-18(30)9-22(19(2)31)11-24(32)12-26(38)36-15-29(3,4)16-37-28(40)27(39)25(33)10-20-5-7-21(8-6-20)23-13-34-17-35-14-23/h5-9,13-14,17,24-25,27,39H,1-2,10-12,15-16,32-33H2,3-4H3,(H,36,38)(H,37,40)/b22-9-. The smallest absolute Gasteiger partial charge is 0.250 e. The number of nitrogens with two attached hydrogens (primary N) is 2. The Balaban J connectivity index is 1.79. The van der Waals surface area contributed by atoms with Gasteiger partial charge in [0.05, 0.1) is 0 Å². The van der Waals surface area contributed by atoms with Crippen LogP contribution in [0.25, 0.3) is 11.1 Å². The second kappa shape index (κ2) is 15.1. The van der Waals surface area contributed by atoms with Gasteiger partial charge in [0, 0.05) is 49.6 Å². The maximum atomic E-state index is 13.5. The number of aromatic nitrogens is 2. The quantitative estimate of drug-likeness (QED) is 0.211. The second-order valence-electron chi connectivity index (χ2n) is 10.5. The molecule has 0 fully saturated rings. The average Bonchev–Trinajstić information content (AvgIpc) is 2.90. The Morgan fingerprint density at radius 1 is 1.02 bits per heavy atom. The van der Waals surface area contributed by atoms with Crippen molar-refractivity contribution in [1.82, 2.24) is 20.6 Å². The molecular weight excluding hydrogens is 518 g/mol. The van der Waals surface area contributed by atoms with Gasteiger partial charge in [-0.05, 0) is 41.0 Å². The molecular formula is C29H38F2N6O3. The molecule has 2 aromatic rings. The molecule has 3 atom stereocenters. The monoisotopic (exact) mass is 556 g/mol. The molecule has 0 radical (unpaired) electrons. The summed E-state index contributed by atoms with van der Waals surface area (Å²) >= 11 is 0. The van der Waals surface area contributed by atoms with Crippen LogP contribution in [0.4, 0.5) is 8.78 Å². The zero-order valence-corrected chi connectivity index (χ0v) is 22.9. The van der Waals surface area contributed by atoms with Crippen molar-refractivity contribution in [2.75, 3.05) is 13.1 Å². The molecule has 11 heteroatoms. The molecule has 2 rings (SSSR count). The number of hydrogen-bond acceptors (Lipinski definition) is 7. The van der Waals surface area contributed by atoms with Crippen LogP contribution in [0.5, 0.6) is 0 Å². The molecule has 9 nitrogen and oxygen atoms in total. The molecule has 0 aliphatic heterocycles. The van der Waals surface area contributed by atoms with Gasteiger partial charge in [0.1, 0.15) is 24.1 Å². The van der Waals surface area contributed by atoms with E-state index in [1.807, 2.05) is 38.1 Å². The number of carbonyl (C=O) groups is 2. The van der Waals surface area contributed by atoms with Gasteiger partial charge in [0.25, 0.3) is 0 Å². The van der Waals surface area contributed by atoms with Gasteiger partial charge in [-0.15, -0.1) is 0 Å². The summed E-state index contributed by atoms with van der Waals surface area (Å²) in [5.41, 5.74) is 14.0. The first-order chi connectivity index (χ1) is 18.8. The number of aliphatic hydroxyl groups is 1. The van der Waals surface area contributed by atoms with Crippen molar-refractivity contribution in [2.24, 2.45) is 16.9 Å². The molecule has 1 aromatic heterocycles. The van der Waals surface area contributed by atoms with Crippen molar-refractivity contribution in [3.8, 4) is 11.1 Å². The Bertz CT molecular complexity index is 1200. The predicted molar refractivity (Wildman–Crippen MR) is 151 cm³/mol. The highest BCUT2D eigenvalue weighted by molar-refractivity contribution is 5.81. The zero-order valence-electron chi connectivity index (χ0n) is 22.9. The number of benzene rings is 1. The van der Waals surface area contributed by atoms with Crippen molar-refractivity contribution in [3.05, 3.63) is 85.0 Å². The third-order valence-corrected chi connectivity index (χ3v) is 6.11. The molecule has 0 bridgehead atoms. The lowest BCUT2D eigenvalue weighted by atomic mass is 9.92. The SMILES string of the molecule is C=C(F)/C=C(/CC(N)CC(=O)NCC(C)(C)CNC(=O)C(O)C(N)Cc1ccc(-c2cncnc2)cc1)C(=C)F. The number of aliphatic hydroxyl groups excluding tert-OH is 1. The lowest BCUT2D eigenvalue weighted by Gasteiger charge is -2.27. The molecule has 40 heavy (non-hydrogen) atoms. The normalized spacial score (nSPS) is 14.1. The molecule has 0 aliphatic carbocycles. The van der Waals surface area contributed by atoms with Gasteiger partial charge in [0.15, 0.2) is 0 Å². The zero-order chi connectivity index (χ0) is 29.9. The third kappa shape index (κ3) is 11.1. The molecule has 3 unspecified atom stereocenters. The molecule has 0 aliphatic rings. The van der Waals surface area contributed by atoms with E-state index in [4.69, 9.17) is 11.5 Å². The predicted octanol–water partition coefficient (Wildman–Crippen LogP) is 2.63. The van der Waals surface area contributed by atoms with Crippen LogP contribution >= 0.6 is 0 Å². The van der Waals surface area contributed by atoms with Gasteiger partial charge >= 0.3 is 0 Å². The Morgan fingerprint density at radius 3 is 2.20 bits per heavy atom. The second-order valence-corrected chi connectivity index (χ2v) is 10.5. The van der Waals surface area contributed by atoms with E-state index < -0.39 is 41.2 Å². The largest absolute Gasteiger partial charge is 0.382 e. The van der Waals surface area contributed by atoms with Gasteiger partial charge in [0.2, 0.25) is 11.8 Å². The summed E-state index contributed by atoms with van der Waals surface area (Å²) < 4.78 is 26.5. The fourth-order valence-electron chi connectivity index (χ4n) is 3.79. The maximum Gasteiger partial charge on any atom is 0.250 e. The molecule has 1 heterocycles. The Kier molecular flexibility index (Phi) is 12.2. The number of rotatable bonds is 15. The van der Waals surface area contributed by atoms with E-state index in [2.05, 4.69) is 33.8 Å². The summed E-state index contributed by atoms with van der Waals surface area (Å²) in [4.78, 5) is 32.9. The minimum absolute atomic E-state index is 0.0630. The Morgan fingerprint density at radius 2 is 1.62 bits per heavy atom. The number of carbonyl (C=O) groups excluding carboxylic acids is 2. The van der Waals surface area contributed by atoms with Crippen LogP contribution in [-0.4, -0.2) is 58.2 Å². The van der Waals surface area contributed by atoms with Crippen LogP contribution in [-0.2, 0) is 16.0 Å². The van der Waals surface area contributed by atoms with E-state index in [9.17, 15) is 23.5 Å². The van der Waals surface area contributed by atoms with Gasteiger partial charge in [-0.2, -0.15) is 0 Å².